The van der Waals surface area contributed by atoms with Crippen molar-refractivity contribution >= 4 is 17.8 Å². The number of hydrogen-bond acceptors (Lipinski definition) is 3. The maximum absolute atomic E-state index is 12.6. The van der Waals surface area contributed by atoms with Gasteiger partial charge in [-0.3, -0.25) is 14.4 Å². The van der Waals surface area contributed by atoms with Crippen molar-refractivity contribution in [2.75, 3.05) is 13.1 Å². The van der Waals surface area contributed by atoms with Gasteiger partial charge in [0.15, 0.2) is 0 Å². The highest BCUT2D eigenvalue weighted by Gasteiger charge is 2.38. The van der Waals surface area contributed by atoms with Gasteiger partial charge in [0.05, 0.1) is 18.5 Å². The van der Waals surface area contributed by atoms with Gasteiger partial charge in [-0.25, -0.2) is 0 Å². The molecule has 6 heteroatoms. The quantitative estimate of drug-likeness (QED) is 0.911. The van der Waals surface area contributed by atoms with E-state index in [0.717, 1.165) is 0 Å². The number of carboxylic acids is 1. The zero-order chi connectivity index (χ0) is 16.3. The normalized spacial score (nSPS) is 21.5. The molecule has 1 aromatic carbocycles. The number of rotatable bonds is 3. The standard InChI is InChI=1S/C16H20N2O4/c1-11-14(10-15(20)21)18(12(2)19)9-8-17(11)16(22)13-6-4-3-5-7-13/h3-7,11,14H,8-10H2,1-2H3,(H,20,21)/t11-,14+/m0/s1. The highest BCUT2D eigenvalue weighted by Crippen LogP contribution is 2.22. The van der Waals surface area contributed by atoms with E-state index in [9.17, 15) is 14.4 Å². The summed E-state index contributed by atoms with van der Waals surface area (Å²) >= 11 is 0. The first-order chi connectivity index (χ1) is 10.4. The first-order valence-electron chi connectivity index (χ1n) is 7.27. The summed E-state index contributed by atoms with van der Waals surface area (Å²) < 4.78 is 0. The molecule has 0 aliphatic carbocycles. The third-order valence-corrected chi connectivity index (χ3v) is 4.10. The molecule has 22 heavy (non-hydrogen) atoms. The maximum Gasteiger partial charge on any atom is 0.305 e. The van der Waals surface area contributed by atoms with Gasteiger partial charge in [-0.05, 0) is 19.1 Å². The molecule has 0 unspecified atom stereocenters. The summed E-state index contributed by atoms with van der Waals surface area (Å²) in [6, 6.07) is 8.03. The largest absolute Gasteiger partial charge is 0.481 e. The van der Waals surface area contributed by atoms with Gasteiger partial charge in [0.1, 0.15) is 0 Å². The van der Waals surface area contributed by atoms with Crippen molar-refractivity contribution in [2.45, 2.75) is 32.4 Å². The van der Waals surface area contributed by atoms with E-state index < -0.39 is 12.0 Å². The minimum Gasteiger partial charge on any atom is -0.481 e. The Bertz CT molecular complexity index is 573. The Kier molecular flexibility index (Phi) is 4.80. The monoisotopic (exact) mass is 304 g/mol. The molecule has 6 nitrogen and oxygen atoms in total. The zero-order valence-electron chi connectivity index (χ0n) is 12.7. The van der Waals surface area contributed by atoms with E-state index in [4.69, 9.17) is 5.11 Å². The molecule has 1 N–H and O–H groups in total. The van der Waals surface area contributed by atoms with Crippen LogP contribution >= 0.6 is 0 Å². The topological polar surface area (TPSA) is 77.9 Å². The van der Waals surface area contributed by atoms with Crippen LogP contribution in [0.25, 0.3) is 0 Å². The zero-order valence-corrected chi connectivity index (χ0v) is 12.7. The summed E-state index contributed by atoms with van der Waals surface area (Å²) in [4.78, 5) is 38.6. The molecule has 2 rings (SSSR count). The molecule has 1 aliphatic heterocycles. The number of piperazine rings is 1. The lowest BCUT2D eigenvalue weighted by molar-refractivity contribution is -0.143. The fraction of sp³-hybridized carbons (Fsp3) is 0.438. The Labute approximate surface area is 129 Å². The molecule has 0 aromatic heterocycles. The van der Waals surface area contributed by atoms with Crippen LogP contribution in [0, 0.1) is 0 Å². The fourth-order valence-corrected chi connectivity index (χ4v) is 2.94. The van der Waals surface area contributed by atoms with E-state index >= 15 is 0 Å². The molecule has 0 saturated carbocycles. The second-order valence-electron chi connectivity index (χ2n) is 5.48. The first-order valence-corrected chi connectivity index (χ1v) is 7.27. The predicted octanol–water partition coefficient (Wildman–Crippen LogP) is 1.22. The van der Waals surface area contributed by atoms with E-state index in [2.05, 4.69) is 0 Å². The third kappa shape index (κ3) is 3.27. The summed E-state index contributed by atoms with van der Waals surface area (Å²) in [5, 5.41) is 9.08. The van der Waals surface area contributed by atoms with Crippen molar-refractivity contribution in [1.29, 1.82) is 0 Å². The molecule has 118 valence electrons. The number of carbonyl (C=O) groups is 3. The average molecular weight is 304 g/mol. The lowest BCUT2D eigenvalue weighted by Gasteiger charge is -2.45. The van der Waals surface area contributed by atoms with Crippen molar-refractivity contribution in [2.24, 2.45) is 0 Å². The maximum atomic E-state index is 12.6. The SMILES string of the molecule is CC(=O)N1CCN(C(=O)c2ccccc2)[C@@H](C)[C@H]1CC(=O)O. The van der Waals surface area contributed by atoms with Crippen LogP contribution in [0.4, 0.5) is 0 Å². The molecule has 1 aliphatic rings. The number of nitrogens with zero attached hydrogens (tertiary/aromatic N) is 2. The number of carbonyl (C=O) groups excluding carboxylic acids is 2. The van der Waals surface area contributed by atoms with Crippen LogP contribution < -0.4 is 0 Å². The molecule has 1 aromatic rings. The number of benzene rings is 1. The number of amides is 2. The predicted molar refractivity (Wildman–Crippen MR) is 80.4 cm³/mol. The van der Waals surface area contributed by atoms with Gasteiger partial charge in [0, 0.05) is 25.6 Å². The molecule has 1 heterocycles. The Morgan fingerprint density at radius 2 is 1.73 bits per heavy atom. The van der Waals surface area contributed by atoms with E-state index in [1.54, 1.807) is 41.0 Å². The number of hydrogen-bond donors (Lipinski definition) is 1. The van der Waals surface area contributed by atoms with Crippen LogP contribution in [0.5, 0.6) is 0 Å². The van der Waals surface area contributed by atoms with Gasteiger partial charge in [-0.15, -0.1) is 0 Å². The minimum absolute atomic E-state index is 0.133. The van der Waals surface area contributed by atoms with E-state index in [0.29, 0.717) is 18.7 Å². The van der Waals surface area contributed by atoms with E-state index in [-0.39, 0.29) is 24.3 Å². The molecule has 0 radical (unpaired) electrons. The van der Waals surface area contributed by atoms with Crippen molar-refractivity contribution in [3.05, 3.63) is 35.9 Å². The van der Waals surface area contributed by atoms with Gasteiger partial charge < -0.3 is 14.9 Å². The van der Waals surface area contributed by atoms with Crippen molar-refractivity contribution in [3.63, 3.8) is 0 Å². The second kappa shape index (κ2) is 6.60. The van der Waals surface area contributed by atoms with E-state index in [1.165, 1.54) is 6.92 Å². The molecule has 2 atom stereocenters. The van der Waals surface area contributed by atoms with Crippen molar-refractivity contribution in [3.8, 4) is 0 Å². The van der Waals surface area contributed by atoms with Gasteiger partial charge in [0.2, 0.25) is 5.91 Å². The average Bonchev–Trinajstić information content (AvgIpc) is 2.48. The first kappa shape index (κ1) is 16.0. The summed E-state index contributed by atoms with van der Waals surface area (Å²) in [5.41, 5.74) is 0.569. The molecule has 1 saturated heterocycles. The molecule has 1 fully saturated rings. The summed E-state index contributed by atoms with van der Waals surface area (Å²) in [6.45, 7) is 3.99. The fourth-order valence-electron chi connectivity index (χ4n) is 2.94. The molecular formula is C16H20N2O4. The van der Waals surface area contributed by atoms with Gasteiger partial charge in [-0.1, -0.05) is 18.2 Å². The Morgan fingerprint density at radius 3 is 2.27 bits per heavy atom. The molecule has 0 bridgehead atoms. The molecule has 2 amide bonds. The van der Waals surface area contributed by atoms with Crippen LogP contribution in [0.2, 0.25) is 0 Å². The van der Waals surface area contributed by atoms with Gasteiger partial charge in [-0.2, -0.15) is 0 Å². The number of aliphatic carboxylic acids is 1. The van der Waals surface area contributed by atoms with Crippen LogP contribution in [-0.2, 0) is 9.59 Å². The lowest BCUT2D eigenvalue weighted by atomic mass is 9.98. The Balaban J connectivity index is 2.23. The summed E-state index contributed by atoms with van der Waals surface area (Å²) in [5.74, 6) is -1.27. The van der Waals surface area contributed by atoms with Crippen LogP contribution in [-0.4, -0.2) is 57.9 Å². The van der Waals surface area contributed by atoms with Crippen LogP contribution in [0.1, 0.15) is 30.6 Å². The van der Waals surface area contributed by atoms with Crippen LogP contribution in [0.3, 0.4) is 0 Å². The molecule has 0 spiro atoms. The summed E-state index contributed by atoms with van der Waals surface area (Å²) in [6.07, 6.45) is -0.167. The third-order valence-electron chi connectivity index (χ3n) is 4.10. The van der Waals surface area contributed by atoms with Crippen molar-refractivity contribution in [1.82, 2.24) is 9.80 Å². The van der Waals surface area contributed by atoms with Crippen molar-refractivity contribution < 1.29 is 19.5 Å². The Hall–Kier alpha value is -2.37. The number of carboxylic acid groups (broad SMARTS) is 1. The van der Waals surface area contributed by atoms with E-state index in [1.807, 2.05) is 6.07 Å². The molecular weight excluding hydrogens is 284 g/mol. The lowest BCUT2D eigenvalue weighted by Crippen LogP contribution is -2.61. The van der Waals surface area contributed by atoms with Gasteiger partial charge >= 0.3 is 5.97 Å². The Morgan fingerprint density at radius 1 is 1.14 bits per heavy atom. The van der Waals surface area contributed by atoms with Gasteiger partial charge in [0.25, 0.3) is 5.91 Å². The highest BCUT2D eigenvalue weighted by molar-refractivity contribution is 5.94. The smallest absolute Gasteiger partial charge is 0.305 e. The summed E-state index contributed by atoms with van der Waals surface area (Å²) in [7, 11) is 0. The minimum atomic E-state index is -0.975. The van der Waals surface area contributed by atoms with Crippen LogP contribution in [0.15, 0.2) is 30.3 Å². The highest BCUT2D eigenvalue weighted by atomic mass is 16.4. The second-order valence-corrected chi connectivity index (χ2v) is 5.48.